The third kappa shape index (κ3) is 4.27. The van der Waals surface area contributed by atoms with Gasteiger partial charge in [-0.05, 0) is 43.7 Å². The highest BCUT2D eigenvalue weighted by molar-refractivity contribution is 6.00. The van der Waals surface area contributed by atoms with Crippen molar-refractivity contribution < 1.29 is 18.7 Å². The van der Waals surface area contributed by atoms with Crippen molar-refractivity contribution in [3.05, 3.63) is 59.9 Å². The summed E-state index contributed by atoms with van der Waals surface area (Å²) in [6.07, 6.45) is -0.389. The van der Waals surface area contributed by atoms with Crippen LogP contribution in [0.15, 0.2) is 48.5 Å². The Labute approximate surface area is 158 Å². The average molecular weight is 370 g/mol. The largest absolute Gasteiger partial charge is 0.479 e. The molecule has 0 radical (unpaired) electrons. The third-order valence-corrected chi connectivity index (χ3v) is 4.62. The summed E-state index contributed by atoms with van der Waals surface area (Å²) in [5.74, 6) is 0.0885. The molecule has 0 aliphatic carbocycles. The highest BCUT2D eigenvalue weighted by Gasteiger charge is 2.31. The van der Waals surface area contributed by atoms with E-state index in [0.29, 0.717) is 24.5 Å². The van der Waals surface area contributed by atoms with E-state index in [2.05, 4.69) is 0 Å². The summed E-state index contributed by atoms with van der Waals surface area (Å²) in [6, 6.07) is 13.5. The molecule has 1 aliphatic rings. The molecule has 0 bridgehead atoms. The molecule has 0 fully saturated rings. The van der Waals surface area contributed by atoms with Gasteiger partial charge in [0.15, 0.2) is 6.10 Å². The lowest BCUT2D eigenvalue weighted by Crippen LogP contribution is -2.46. The van der Waals surface area contributed by atoms with E-state index in [1.54, 1.807) is 28.9 Å². The zero-order valence-electron chi connectivity index (χ0n) is 15.5. The first-order chi connectivity index (χ1) is 13.0. The molecule has 1 aliphatic heterocycles. The number of carbonyl (C=O) groups is 2. The molecule has 2 amide bonds. The summed E-state index contributed by atoms with van der Waals surface area (Å²) in [7, 11) is 0. The first kappa shape index (κ1) is 18.9. The molecule has 1 heterocycles. The smallest absolute Gasteiger partial charge is 0.267 e. The molecule has 0 spiro atoms. The maximum atomic E-state index is 13.4. The van der Waals surface area contributed by atoms with Crippen LogP contribution in [0, 0.1) is 5.82 Å². The van der Waals surface area contributed by atoms with Gasteiger partial charge in [-0.2, -0.15) is 0 Å². The van der Waals surface area contributed by atoms with Gasteiger partial charge < -0.3 is 14.5 Å². The lowest BCUT2D eigenvalue weighted by atomic mass is 10.1. The topological polar surface area (TPSA) is 49.9 Å². The quantitative estimate of drug-likeness (QED) is 0.783. The van der Waals surface area contributed by atoms with Gasteiger partial charge >= 0.3 is 0 Å². The van der Waals surface area contributed by atoms with Crippen LogP contribution >= 0.6 is 0 Å². The molecule has 2 aromatic rings. The van der Waals surface area contributed by atoms with Crippen molar-refractivity contribution in [3.8, 4) is 5.75 Å². The summed E-state index contributed by atoms with van der Waals surface area (Å²) in [5, 5.41) is 0. The number of ether oxygens (including phenoxy) is 1. The summed E-state index contributed by atoms with van der Waals surface area (Å²) in [4.78, 5) is 28.4. The van der Waals surface area contributed by atoms with E-state index in [1.165, 1.54) is 12.1 Å². The zero-order chi connectivity index (χ0) is 19.4. The Hall–Kier alpha value is -2.89. The van der Waals surface area contributed by atoms with E-state index >= 15 is 0 Å². The maximum absolute atomic E-state index is 13.4. The highest BCUT2D eigenvalue weighted by atomic mass is 19.1. The molecule has 0 saturated carbocycles. The number of rotatable bonds is 6. The van der Waals surface area contributed by atoms with Gasteiger partial charge in [-0.25, -0.2) is 4.39 Å². The molecule has 1 unspecified atom stereocenters. The maximum Gasteiger partial charge on any atom is 0.267 e. The van der Waals surface area contributed by atoms with Gasteiger partial charge in [0.2, 0.25) is 5.91 Å². The molecule has 6 heteroatoms. The number of anilines is 1. The Morgan fingerprint density at radius 2 is 2.00 bits per heavy atom. The first-order valence-electron chi connectivity index (χ1n) is 9.09. The van der Waals surface area contributed by atoms with Crippen LogP contribution < -0.4 is 9.64 Å². The van der Waals surface area contributed by atoms with Crippen molar-refractivity contribution in [2.45, 2.75) is 32.9 Å². The molecule has 0 N–H and O–H groups in total. The minimum Gasteiger partial charge on any atom is -0.479 e. The van der Waals surface area contributed by atoms with Crippen molar-refractivity contribution >= 4 is 17.5 Å². The van der Waals surface area contributed by atoms with Crippen molar-refractivity contribution in [2.75, 3.05) is 18.0 Å². The molecule has 3 rings (SSSR count). The number of hydrogen-bond donors (Lipinski definition) is 0. The Balaban J connectivity index is 1.67. The number of halogens is 1. The lowest BCUT2D eigenvalue weighted by molar-refractivity contribution is -0.131. The number of amides is 2. The minimum atomic E-state index is -0.579. The van der Waals surface area contributed by atoms with Gasteiger partial charge in [-0.1, -0.05) is 24.3 Å². The number of carbonyl (C=O) groups excluding carboxylic acids is 2. The fraction of sp³-hybridized carbons (Fsp3) is 0.333. The van der Waals surface area contributed by atoms with Crippen LogP contribution in [0.2, 0.25) is 0 Å². The SMILES string of the molecule is CCN(Cc1cccc(F)c1)C(=O)CCN1C(=O)C(C)Oc2ccccc21. The van der Waals surface area contributed by atoms with E-state index < -0.39 is 6.10 Å². The first-order valence-corrected chi connectivity index (χ1v) is 9.09. The van der Waals surface area contributed by atoms with E-state index in [0.717, 1.165) is 5.56 Å². The second-order valence-corrected chi connectivity index (χ2v) is 6.51. The van der Waals surface area contributed by atoms with Gasteiger partial charge in [0.25, 0.3) is 5.91 Å². The van der Waals surface area contributed by atoms with Crippen molar-refractivity contribution in [1.82, 2.24) is 4.90 Å². The standard InChI is InChI=1S/C21H23FN2O3/c1-3-23(14-16-7-6-8-17(22)13-16)20(25)11-12-24-18-9-4-5-10-19(18)27-15(2)21(24)26/h4-10,13,15H,3,11-12,14H2,1-2H3. The molecular weight excluding hydrogens is 347 g/mol. The monoisotopic (exact) mass is 370 g/mol. The third-order valence-electron chi connectivity index (χ3n) is 4.62. The summed E-state index contributed by atoms with van der Waals surface area (Å²) >= 11 is 0. The predicted octanol–water partition coefficient (Wildman–Crippen LogP) is 3.38. The normalized spacial score (nSPS) is 15.9. The van der Waals surface area contributed by atoms with Gasteiger partial charge in [-0.3, -0.25) is 9.59 Å². The van der Waals surface area contributed by atoms with Crippen LogP contribution in [0.4, 0.5) is 10.1 Å². The predicted molar refractivity (Wildman–Crippen MR) is 101 cm³/mol. The molecule has 2 aromatic carbocycles. The van der Waals surface area contributed by atoms with Crippen LogP contribution in [-0.2, 0) is 16.1 Å². The number of hydrogen-bond acceptors (Lipinski definition) is 3. The Kier molecular flexibility index (Phi) is 5.74. The van der Waals surface area contributed by atoms with Crippen molar-refractivity contribution in [3.63, 3.8) is 0 Å². The molecule has 27 heavy (non-hydrogen) atoms. The van der Waals surface area contributed by atoms with Crippen LogP contribution in [0.1, 0.15) is 25.8 Å². The zero-order valence-corrected chi connectivity index (χ0v) is 15.5. The lowest BCUT2D eigenvalue weighted by Gasteiger charge is -2.33. The van der Waals surface area contributed by atoms with Crippen LogP contribution in [0.3, 0.4) is 0 Å². The summed E-state index contributed by atoms with van der Waals surface area (Å²) < 4.78 is 19.0. The molecule has 142 valence electrons. The number of nitrogens with zero attached hydrogens (tertiary/aromatic N) is 2. The molecule has 5 nitrogen and oxygen atoms in total. The van der Waals surface area contributed by atoms with Crippen LogP contribution in [-0.4, -0.2) is 35.9 Å². The summed E-state index contributed by atoms with van der Waals surface area (Å²) in [6.45, 7) is 4.72. The Bertz CT molecular complexity index is 840. The number of benzene rings is 2. The van der Waals surface area contributed by atoms with Gasteiger partial charge in [0.1, 0.15) is 11.6 Å². The summed E-state index contributed by atoms with van der Waals surface area (Å²) in [5.41, 5.74) is 1.42. The average Bonchev–Trinajstić information content (AvgIpc) is 2.66. The van der Waals surface area contributed by atoms with Crippen molar-refractivity contribution in [2.24, 2.45) is 0 Å². The number of para-hydroxylation sites is 2. The molecule has 0 aromatic heterocycles. The van der Waals surface area contributed by atoms with E-state index in [1.807, 2.05) is 31.2 Å². The molecular formula is C21H23FN2O3. The van der Waals surface area contributed by atoms with Crippen LogP contribution in [0.25, 0.3) is 0 Å². The van der Waals surface area contributed by atoms with E-state index in [4.69, 9.17) is 4.74 Å². The van der Waals surface area contributed by atoms with Gasteiger partial charge in [0.05, 0.1) is 5.69 Å². The second kappa shape index (κ2) is 8.20. The minimum absolute atomic E-state index is 0.0776. The van der Waals surface area contributed by atoms with Crippen molar-refractivity contribution in [1.29, 1.82) is 0 Å². The van der Waals surface area contributed by atoms with Gasteiger partial charge in [0, 0.05) is 26.1 Å². The van der Waals surface area contributed by atoms with Gasteiger partial charge in [-0.15, -0.1) is 0 Å². The van der Waals surface area contributed by atoms with E-state index in [-0.39, 0.29) is 30.6 Å². The fourth-order valence-electron chi connectivity index (χ4n) is 3.19. The Morgan fingerprint density at radius 1 is 1.22 bits per heavy atom. The Morgan fingerprint density at radius 3 is 2.74 bits per heavy atom. The fourth-order valence-corrected chi connectivity index (χ4v) is 3.19. The van der Waals surface area contributed by atoms with E-state index in [9.17, 15) is 14.0 Å². The molecule has 1 atom stereocenters. The highest BCUT2D eigenvalue weighted by Crippen LogP contribution is 2.33. The number of fused-ring (bicyclic) bond motifs is 1. The molecule has 0 saturated heterocycles. The second-order valence-electron chi connectivity index (χ2n) is 6.51. The van der Waals surface area contributed by atoms with Crippen LogP contribution in [0.5, 0.6) is 5.75 Å².